The fourth-order valence-electron chi connectivity index (χ4n) is 2.87. The van der Waals surface area contributed by atoms with Gasteiger partial charge in [0.1, 0.15) is 5.75 Å². The van der Waals surface area contributed by atoms with E-state index in [9.17, 15) is 14.9 Å². The molecule has 0 fully saturated rings. The van der Waals surface area contributed by atoms with Crippen LogP contribution in [0.1, 0.15) is 27.3 Å². The van der Waals surface area contributed by atoms with Crippen molar-refractivity contribution in [3.63, 3.8) is 0 Å². The van der Waals surface area contributed by atoms with Crippen molar-refractivity contribution in [1.82, 2.24) is 9.78 Å². The Balaban J connectivity index is 1.75. The Morgan fingerprint density at radius 2 is 1.89 bits per heavy atom. The van der Waals surface area contributed by atoms with Gasteiger partial charge in [-0.1, -0.05) is 12.1 Å². The lowest BCUT2D eigenvalue weighted by Gasteiger charge is -2.10. The third-order valence-electron chi connectivity index (χ3n) is 4.29. The van der Waals surface area contributed by atoms with E-state index >= 15 is 0 Å². The number of aromatic nitrogens is 2. The van der Waals surface area contributed by atoms with E-state index in [-0.39, 0.29) is 17.3 Å². The minimum absolute atomic E-state index is 0.128. The van der Waals surface area contributed by atoms with Crippen molar-refractivity contribution in [1.29, 1.82) is 0 Å². The Morgan fingerprint density at radius 1 is 1.18 bits per heavy atom. The van der Waals surface area contributed by atoms with Gasteiger partial charge in [0.15, 0.2) is 0 Å². The third kappa shape index (κ3) is 4.17. The van der Waals surface area contributed by atoms with Gasteiger partial charge < -0.3 is 10.1 Å². The maximum atomic E-state index is 12.5. The SMILES string of the molecule is COc1ccc([N+](=O)[O-])cc1NC(=O)c1ccc(Cn2nc(C)cc2C)cc1. The lowest BCUT2D eigenvalue weighted by atomic mass is 10.1. The van der Waals surface area contributed by atoms with Gasteiger partial charge in [-0.25, -0.2) is 0 Å². The number of ether oxygens (including phenoxy) is 1. The summed E-state index contributed by atoms with van der Waals surface area (Å²) < 4.78 is 7.07. The molecule has 0 aliphatic heterocycles. The molecule has 28 heavy (non-hydrogen) atoms. The molecule has 1 N–H and O–H groups in total. The van der Waals surface area contributed by atoms with E-state index in [0.29, 0.717) is 17.9 Å². The number of rotatable bonds is 6. The smallest absolute Gasteiger partial charge is 0.271 e. The van der Waals surface area contributed by atoms with Crippen LogP contribution in [0.25, 0.3) is 0 Å². The number of nitro benzene ring substituents is 1. The molecule has 0 aliphatic rings. The second kappa shape index (κ2) is 7.91. The van der Waals surface area contributed by atoms with E-state index < -0.39 is 4.92 Å². The number of hydrogen-bond acceptors (Lipinski definition) is 5. The Hall–Kier alpha value is -3.68. The lowest BCUT2D eigenvalue weighted by Crippen LogP contribution is -2.13. The van der Waals surface area contributed by atoms with E-state index in [1.54, 1.807) is 12.1 Å². The molecule has 0 saturated carbocycles. The summed E-state index contributed by atoms with van der Waals surface area (Å²) in [4.78, 5) is 23.0. The van der Waals surface area contributed by atoms with E-state index in [0.717, 1.165) is 17.0 Å². The molecule has 1 amide bonds. The first-order chi connectivity index (χ1) is 13.4. The van der Waals surface area contributed by atoms with Gasteiger partial charge in [0.2, 0.25) is 0 Å². The maximum Gasteiger partial charge on any atom is 0.271 e. The molecular weight excluding hydrogens is 360 g/mol. The van der Waals surface area contributed by atoms with Crippen LogP contribution in [0.3, 0.4) is 0 Å². The Bertz CT molecular complexity index is 1030. The summed E-state index contributed by atoms with van der Waals surface area (Å²) >= 11 is 0. The number of aryl methyl sites for hydroxylation is 2. The molecule has 0 radical (unpaired) electrons. The van der Waals surface area contributed by atoms with Crippen LogP contribution in [0.2, 0.25) is 0 Å². The van der Waals surface area contributed by atoms with E-state index in [1.807, 2.05) is 36.7 Å². The number of methoxy groups -OCH3 is 1. The highest BCUT2D eigenvalue weighted by Gasteiger charge is 2.15. The molecule has 2 aromatic carbocycles. The molecule has 0 saturated heterocycles. The number of anilines is 1. The fraction of sp³-hybridized carbons (Fsp3) is 0.200. The standard InChI is InChI=1S/C20H20N4O4/c1-13-10-14(2)23(22-13)12-15-4-6-16(7-5-15)20(25)21-18-11-17(24(26)27)8-9-19(18)28-3/h4-11H,12H2,1-3H3,(H,21,25). The highest BCUT2D eigenvalue weighted by Crippen LogP contribution is 2.29. The highest BCUT2D eigenvalue weighted by atomic mass is 16.6. The van der Waals surface area contributed by atoms with Crippen LogP contribution >= 0.6 is 0 Å². The van der Waals surface area contributed by atoms with Gasteiger partial charge >= 0.3 is 0 Å². The topological polar surface area (TPSA) is 99.3 Å². The van der Waals surface area contributed by atoms with Crippen molar-refractivity contribution < 1.29 is 14.5 Å². The van der Waals surface area contributed by atoms with Gasteiger partial charge in [0.25, 0.3) is 11.6 Å². The summed E-state index contributed by atoms with van der Waals surface area (Å²) in [5.41, 5.74) is 3.59. The Labute approximate surface area is 161 Å². The Kier molecular flexibility index (Phi) is 5.39. The second-order valence-corrected chi connectivity index (χ2v) is 6.38. The number of benzene rings is 2. The summed E-state index contributed by atoms with van der Waals surface area (Å²) in [5, 5.41) is 18.1. The molecule has 0 atom stereocenters. The highest BCUT2D eigenvalue weighted by molar-refractivity contribution is 6.05. The number of hydrogen-bond donors (Lipinski definition) is 1. The first-order valence-electron chi connectivity index (χ1n) is 8.61. The van der Waals surface area contributed by atoms with E-state index in [4.69, 9.17) is 4.74 Å². The lowest BCUT2D eigenvalue weighted by molar-refractivity contribution is -0.384. The van der Waals surface area contributed by atoms with Crippen molar-refractivity contribution in [3.05, 3.63) is 81.2 Å². The van der Waals surface area contributed by atoms with Crippen LogP contribution in [0.5, 0.6) is 5.75 Å². The fourth-order valence-corrected chi connectivity index (χ4v) is 2.87. The molecule has 0 bridgehead atoms. The van der Waals surface area contributed by atoms with Crippen molar-refractivity contribution in [2.45, 2.75) is 20.4 Å². The average molecular weight is 380 g/mol. The first kappa shape index (κ1) is 19.1. The minimum atomic E-state index is -0.525. The first-order valence-corrected chi connectivity index (χ1v) is 8.61. The molecule has 0 aliphatic carbocycles. The molecule has 144 valence electrons. The monoisotopic (exact) mass is 380 g/mol. The van der Waals surface area contributed by atoms with Crippen LogP contribution in [-0.2, 0) is 6.54 Å². The number of nitrogens with zero attached hydrogens (tertiary/aromatic N) is 3. The van der Waals surface area contributed by atoms with Crippen molar-refractivity contribution >= 4 is 17.3 Å². The van der Waals surface area contributed by atoms with Crippen LogP contribution in [0.15, 0.2) is 48.5 Å². The summed E-state index contributed by atoms with van der Waals surface area (Å²) in [6.45, 7) is 4.55. The molecule has 8 heteroatoms. The molecule has 0 spiro atoms. The van der Waals surface area contributed by atoms with Crippen LogP contribution in [0, 0.1) is 24.0 Å². The zero-order valence-electron chi connectivity index (χ0n) is 15.8. The largest absolute Gasteiger partial charge is 0.495 e. The summed E-state index contributed by atoms with van der Waals surface area (Å²) in [6.07, 6.45) is 0. The van der Waals surface area contributed by atoms with Gasteiger partial charge in [-0.3, -0.25) is 19.6 Å². The molecule has 3 aromatic rings. The number of carbonyl (C=O) groups is 1. The number of nitro groups is 1. The zero-order chi connectivity index (χ0) is 20.3. The van der Waals surface area contributed by atoms with Gasteiger partial charge in [0, 0.05) is 23.4 Å². The Morgan fingerprint density at radius 3 is 2.46 bits per heavy atom. The zero-order valence-corrected chi connectivity index (χ0v) is 15.8. The van der Waals surface area contributed by atoms with Crippen molar-refractivity contribution in [3.8, 4) is 5.75 Å². The summed E-state index contributed by atoms with van der Waals surface area (Å²) in [6, 6.07) is 13.2. The van der Waals surface area contributed by atoms with E-state index in [2.05, 4.69) is 10.4 Å². The number of carbonyl (C=O) groups excluding carboxylic acids is 1. The van der Waals surface area contributed by atoms with E-state index in [1.165, 1.54) is 25.3 Å². The molecule has 8 nitrogen and oxygen atoms in total. The predicted octanol–water partition coefficient (Wildman–Crippen LogP) is 3.72. The minimum Gasteiger partial charge on any atom is -0.495 e. The van der Waals surface area contributed by atoms with Gasteiger partial charge in [-0.15, -0.1) is 0 Å². The molecule has 1 heterocycles. The molecule has 3 rings (SSSR count). The van der Waals surface area contributed by atoms with Gasteiger partial charge in [-0.2, -0.15) is 5.10 Å². The van der Waals surface area contributed by atoms with Crippen molar-refractivity contribution in [2.24, 2.45) is 0 Å². The van der Waals surface area contributed by atoms with Crippen LogP contribution in [0.4, 0.5) is 11.4 Å². The van der Waals surface area contributed by atoms with Crippen LogP contribution < -0.4 is 10.1 Å². The third-order valence-corrected chi connectivity index (χ3v) is 4.29. The number of non-ortho nitro benzene ring substituents is 1. The van der Waals surface area contributed by atoms with Gasteiger partial charge in [0.05, 0.1) is 30.0 Å². The summed E-state index contributed by atoms with van der Waals surface area (Å²) in [7, 11) is 1.44. The molecule has 1 aromatic heterocycles. The molecular formula is C20H20N4O4. The number of nitrogens with one attached hydrogen (secondary N) is 1. The predicted molar refractivity (Wildman–Crippen MR) is 105 cm³/mol. The normalized spacial score (nSPS) is 10.5. The summed E-state index contributed by atoms with van der Waals surface area (Å²) in [5.74, 6) is -0.0310. The maximum absolute atomic E-state index is 12.5. The van der Waals surface area contributed by atoms with Crippen LogP contribution in [-0.4, -0.2) is 27.7 Å². The number of amides is 1. The second-order valence-electron chi connectivity index (χ2n) is 6.38. The van der Waals surface area contributed by atoms with Gasteiger partial charge in [-0.05, 0) is 43.7 Å². The quantitative estimate of drug-likeness (QED) is 0.519. The molecule has 0 unspecified atom stereocenters. The van der Waals surface area contributed by atoms with Crippen molar-refractivity contribution in [2.75, 3.05) is 12.4 Å². The average Bonchev–Trinajstić information content (AvgIpc) is 2.99.